The number of thiophene rings is 1. The summed E-state index contributed by atoms with van der Waals surface area (Å²) >= 11 is 1.20. The van der Waals surface area contributed by atoms with E-state index in [2.05, 4.69) is 22.1 Å². The normalized spacial score (nSPS) is 9.58. The van der Waals surface area contributed by atoms with Gasteiger partial charge < -0.3 is 10.4 Å². The molecule has 2 rings (SSSR count). The molecule has 0 spiro atoms. The van der Waals surface area contributed by atoms with Crippen LogP contribution in [0.25, 0.3) is 0 Å². The van der Waals surface area contributed by atoms with Crippen molar-refractivity contribution in [1.29, 1.82) is 0 Å². The highest BCUT2D eigenvalue weighted by Crippen LogP contribution is 2.19. The Balaban J connectivity index is 2.22. The number of hydrogen-bond acceptors (Lipinski definition) is 4. The Labute approximate surface area is 112 Å². The lowest BCUT2D eigenvalue weighted by Crippen LogP contribution is -2.12. The fourth-order valence-corrected chi connectivity index (χ4v) is 2.12. The lowest BCUT2D eigenvalue weighted by molar-refractivity contribution is 0.103. The Morgan fingerprint density at radius 3 is 3.11 bits per heavy atom. The predicted molar refractivity (Wildman–Crippen MR) is 70.4 cm³/mol. The first-order valence-corrected chi connectivity index (χ1v) is 6.18. The van der Waals surface area contributed by atoms with E-state index < -0.39 is 11.7 Å². The topological polar surface area (TPSA) is 62.2 Å². The van der Waals surface area contributed by atoms with Gasteiger partial charge in [0.2, 0.25) is 0 Å². The smallest absolute Gasteiger partial charge is 0.267 e. The first-order valence-electron chi connectivity index (χ1n) is 5.30. The maximum Gasteiger partial charge on any atom is 0.267 e. The van der Waals surface area contributed by atoms with E-state index in [1.807, 2.05) is 0 Å². The molecule has 0 aromatic carbocycles. The third-order valence-corrected chi connectivity index (χ3v) is 3.11. The van der Waals surface area contributed by atoms with Crippen LogP contribution in [-0.2, 0) is 0 Å². The molecule has 0 radical (unpaired) electrons. The van der Waals surface area contributed by atoms with Crippen LogP contribution < -0.4 is 5.32 Å². The molecule has 0 fully saturated rings. The van der Waals surface area contributed by atoms with Gasteiger partial charge in [0.1, 0.15) is 11.5 Å². The van der Waals surface area contributed by atoms with Gasteiger partial charge in [-0.15, -0.1) is 11.3 Å². The molecule has 0 atom stereocenters. The number of pyridine rings is 1. The van der Waals surface area contributed by atoms with Gasteiger partial charge in [0.05, 0.1) is 11.9 Å². The molecule has 2 aromatic rings. The molecule has 0 saturated heterocycles. The molecule has 0 saturated carbocycles. The van der Waals surface area contributed by atoms with Crippen LogP contribution in [0.15, 0.2) is 29.9 Å². The van der Waals surface area contributed by atoms with Gasteiger partial charge in [-0.3, -0.25) is 9.78 Å². The number of nitrogens with zero attached hydrogens (tertiary/aromatic N) is 1. The average Bonchev–Trinajstić information content (AvgIpc) is 2.87. The highest BCUT2D eigenvalue weighted by molar-refractivity contribution is 7.12. The number of carbonyl (C=O) groups is 1. The molecule has 96 valence electrons. The summed E-state index contributed by atoms with van der Waals surface area (Å²) in [5.74, 6) is 4.09. The first-order chi connectivity index (χ1) is 9.22. The van der Waals surface area contributed by atoms with Crippen molar-refractivity contribution in [3.63, 3.8) is 0 Å². The van der Waals surface area contributed by atoms with Crippen molar-refractivity contribution in [1.82, 2.24) is 4.98 Å². The van der Waals surface area contributed by atoms with Gasteiger partial charge in [0, 0.05) is 11.8 Å². The summed E-state index contributed by atoms with van der Waals surface area (Å²) in [4.78, 5) is 16.0. The number of nitrogens with one attached hydrogen (secondary N) is 1. The highest BCUT2D eigenvalue weighted by atomic mass is 32.1. The van der Waals surface area contributed by atoms with Gasteiger partial charge in [0.25, 0.3) is 5.91 Å². The van der Waals surface area contributed by atoms with Crippen LogP contribution in [0.2, 0.25) is 0 Å². The Hall–Kier alpha value is -2.23. The Bertz CT molecular complexity index is 658. The molecule has 19 heavy (non-hydrogen) atoms. The van der Waals surface area contributed by atoms with Gasteiger partial charge in [-0.05, 0) is 17.5 Å². The van der Waals surface area contributed by atoms with Crippen molar-refractivity contribution >= 4 is 22.9 Å². The SMILES string of the molecule is O=C(Nc1ccncc1F)c1sccc1C#CCO. The number of anilines is 1. The minimum absolute atomic E-state index is 0.0643. The fourth-order valence-electron chi connectivity index (χ4n) is 1.37. The maximum absolute atomic E-state index is 13.4. The Morgan fingerprint density at radius 1 is 1.53 bits per heavy atom. The van der Waals surface area contributed by atoms with Crippen LogP contribution in [0, 0.1) is 17.7 Å². The standard InChI is InChI=1S/C13H9FN2O2S/c14-10-8-15-5-3-11(10)16-13(18)12-9(2-1-6-17)4-7-19-12/h3-5,7-8,17H,6H2,(H,15,16,18). The zero-order valence-corrected chi connectivity index (χ0v) is 10.5. The third-order valence-electron chi connectivity index (χ3n) is 2.19. The number of aliphatic hydroxyl groups is 1. The van der Waals surface area contributed by atoms with E-state index in [1.54, 1.807) is 11.4 Å². The monoisotopic (exact) mass is 276 g/mol. The molecular formula is C13H9FN2O2S. The zero-order valence-electron chi connectivity index (χ0n) is 9.68. The van der Waals surface area contributed by atoms with E-state index in [0.717, 1.165) is 6.20 Å². The van der Waals surface area contributed by atoms with Crippen LogP contribution in [0.3, 0.4) is 0 Å². The Kier molecular flexibility index (Phi) is 4.23. The molecule has 2 aromatic heterocycles. The maximum atomic E-state index is 13.4. The van der Waals surface area contributed by atoms with Crippen LogP contribution in [0.5, 0.6) is 0 Å². The second-order valence-corrected chi connectivity index (χ2v) is 4.35. The average molecular weight is 276 g/mol. The third kappa shape index (κ3) is 3.16. The van der Waals surface area contributed by atoms with Crippen molar-refractivity contribution < 1.29 is 14.3 Å². The van der Waals surface area contributed by atoms with Crippen molar-refractivity contribution in [2.45, 2.75) is 0 Å². The van der Waals surface area contributed by atoms with Gasteiger partial charge in [-0.2, -0.15) is 0 Å². The van der Waals surface area contributed by atoms with Gasteiger partial charge in [0.15, 0.2) is 5.82 Å². The van der Waals surface area contributed by atoms with Crippen molar-refractivity contribution in [3.8, 4) is 11.8 Å². The number of amides is 1. The number of aliphatic hydroxyl groups excluding tert-OH is 1. The summed E-state index contributed by atoms with van der Waals surface area (Å²) in [5.41, 5.74) is 0.570. The van der Waals surface area contributed by atoms with Crippen molar-refractivity contribution in [3.05, 3.63) is 46.2 Å². The molecule has 2 heterocycles. The number of halogens is 1. The molecule has 0 aliphatic rings. The van der Waals surface area contributed by atoms with Gasteiger partial charge >= 0.3 is 0 Å². The van der Waals surface area contributed by atoms with Crippen LogP contribution in [-0.4, -0.2) is 22.6 Å². The summed E-state index contributed by atoms with van der Waals surface area (Å²) in [6.45, 7) is -0.282. The zero-order chi connectivity index (χ0) is 13.7. The lowest BCUT2D eigenvalue weighted by Gasteiger charge is -2.04. The summed E-state index contributed by atoms with van der Waals surface area (Å²) in [7, 11) is 0. The molecule has 0 bridgehead atoms. The van der Waals surface area contributed by atoms with Gasteiger partial charge in [-0.1, -0.05) is 11.8 Å². The summed E-state index contributed by atoms with van der Waals surface area (Å²) in [5, 5.41) is 12.8. The van der Waals surface area contributed by atoms with E-state index in [1.165, 1.54) is 23.6 Å². The van der Waals surface area contributed by atoms with E-state index in [4.69, 9.17) is 5.11 Å². The number of hydrogen-bond donors (Lipinski definition) is 2. The number of aromatic nitrogens is 1. The van der Waals surface area contributed by atoms with Crippen LogP contribution in [0.4, 0.5) is 10.1 Å². The first kappa shape index (κ1) is 13.2. The highest BCUT2D eigenvalue weighted by Gasteiger charge is 2.13. The molecule has 1 amide bonds. The quantitative estimate of drug-likeness (QED) is 0.823. The van der Waals surface area contributed by atoms with E-state index in [0.29, 0.717) is 10.4 Å². The summed E-state index contributed by atoms with van der Waals surface area (Å²) in [6.07, 6.45) is 2.41. The fraction of sp³-hybridized carbons (Fsp3) is 0.0769. The molecular weight excluding hydrogens is 267 g/mol. The number of carbonyl (C=O) groups excluding carboxylic acids is 1. The van der Waals surface area contributed by atoms with Crippen molar-refractivity contribution in [2.24, 2.45) is 0 Å². The molecule has 4 nitrogen and oxygen atoms in total. The van der Waals surface area contributed by atoms with E-state index >= 15 is 0 Å². The second kappa shape index (κ2) is 6.09. The molecule has 0 unspecified atom stereocenters. The van der Waals surface area contributed by atoms with E-state index in [9.17, 15) is 9.18 Å². The van der Waals surface area contributed by atoms with Crippen LogP contribution >= 0.6 is 11.3 Å². The Morgan fingerprint density at radius 2 is 2.37 bits per heavy atom. The minimum atomic E-state index is -0.601. The second-order valence-electron chi connectivity index (χ2n) is 3.43. The largest absolute Gasteiger partial charge is 0.384 e. The van der Waals surface area contributed by atoms with Crippen LogP contribution in [0.1, 0.15) is 15.2 Å². The summed E-state index contributed by atoms with van der Waals surface area (Å²) < 4.78 is 13.4. The van der Waals surface area contributed by atoms with Gasteiger partial charge in [-0.25, -0.2) is 4.39 Å². The lowest BCUT2D eigenvalue weighted by atomic mass is 10.2. The molecule has 6 heteroatoms. The van der Waals surface area contributed by atoms with E-state index in [-0.39, 0.29) is 12.3 Å². The molecule has 0 aliphatic heterocycles. The molecule has 2 N–H and O–H groups in total. The van der Waals surface area contributed by atoms with Crippen molar-refractivity contribution in [2.75, 3.05) is 11.9 Å². The number of rotatable bonds is 2. The summed E-state index contributed by atoms with van der Waals surface area (Å²) in [6, 6.07) is 3.05. The predicted octanol–water partition coefficient (Wildman–Crippen LogP) is 1.88. The molecule has 0 aliphatic carbocycles. The minimum Gasteiger partial charge on any atom is -0.384 e.